The molecule has 0 amide bonds. The van der Waals surface area contributed by atoms with Gasteiger partial charge in [-0.15, -0.1) is 0 Å². The molecule has 3 nitrogen and oxygen atoms in total. The number of ether oxygens (including phenoxy) is 1. The van der Waals surface area contributed by atoms with Crippen LogP contribution in [0.5, 0.6) is 5.75 Å². The summed E-state index contributed by atoms with van der Waals surface area (Å²) in [5.41, 5.74) is 7.15. The van der Waals surface area contributed by atoms with Crippen LogP contribution in [0.3, 0.4) is 0 Å². The molecule has 1 fully saturated rings. The Balaban J connectivity index is 2.02. The Hall–Kier alpha value is -1.06. The van der Waals surface area contributed by atoms with E-state index in [1.54, 1.807) is 7.11 Å². The van der Waals surface area contributed by atoms with E-state index in [1.807, 2.05) is 6.07 Å². The molecule has 3 heteroatoms. The highest BCUT2D eigenvalue weighted by molar-refractivity contribution is 5.28. The fourth-order valence-electron chi connectivity index (χ4n) is 2.54. The third-order valence-electron chi connectivity index (χ3n) is 3.54. The molecule has 2 N–H and O–H groups in total. The zero-order valence-corrected chi connectivity index (χ0v) is 10.6. The van der Waals surface area contributed by atoms with Crippen LogP contribution in [-0.2, 0) is 6.54 Å². The van der Waals surface area contributed by atoms with Crippen molar-refractivity contribution in [2.75, 3.05) is 20.2 Å². The van der Waals surface area contributed by atoms with Gasteiger partial charge in [0, 0.05) is 19.1 Å². The molecule has 1 heterocycles. The predicted octanol–water partition coefficient (Wildman–Crippen LogP) is 2.01. The fourth-order valence-corrected chi connectivity index (χ4v) is 2.54. The largest absolute Gasteiger partial charge is 0.497 e. The first-order chi connectivity index (χ1) is 8.33. The summed E-state index contributed by atoms with van der Waals surface area (Å²) in [6.45, 7) is 2.92. The minimum Gasteiger partial charge on any atom is -0.497 e. The highest BCUT2D eigenvalue weighted by Gasteiger charge is 2.20. The normalized spacial score (nSPS) is 21.4. The van der Waals surface area contributed by atoms with E-state index in [9.17, 15) is 0 Å². The fraction of sp³-hybridized carbons (Fsp3) is 0.571. The van der Waals surface area contributed by atoms with Crippen molar-refractivity contribution >= 4 is 0 Å². The number of methoxy groups -OCH3 is 1. The van der Waals surface area contributed by atoms with E-state index < -0.39 is 0 Å². The number of nitrogens with two attached hydrogens (primary N) is 1. The summed E-state index contributed by atoms with van der Waals surface area (Å²) in [6, 6.07) is 8.86. The van der Waals surface area contributed by atoms with Crippen molar-refractivity contribution in [3.63, 3.8) is 0 Å². The molecule has 1 atom stereocenters. The quantitative estimate of drug-likeness (QED) is 0.866. The lowest BCUT2D eigenvalue weighted by Crippen LogP contribution is -2.43. The van der Waals surface area contributed by atoms with Crippen LogP contribution in [0, 0.1) is 0 Å². The van der Waals surface area contributed by atoms with E-state index in [-0.39, 0.29) is 0 Å². The number of piperidine rings is 1. The molecule has 0 saturated carbocycles. The number of hydrogen-bond donors (Lipinski definition) is 1. The predicted molar refractivity (Wildman–Crippen MR) is 70.1 cm³/mol. The molecule has 0 bridgehead atoms. The van der Waals surface area contributed by atoms with Crippen molar-refractivity contribution in [1.29, 1.82) is 0 Å². The summed E-state index contributed by atoms with van der Waals surface area (Å²) in [6.07, 6.45) is 3.84. The summed E-state index contributed by atoms with van der Waals surface area (Å²) in [4.78, 5) is 2.50. The summed E-state index contributed by atoms with van der Waals surface area (Å²) < 4.78 is 5.25. The van der Waals surface area contributed by atoms with Gasteiger partial charge in [0.1, 0.15) is 5.75 Å². The van der Waals surface area contributed by atoms with Crippen LogP contribution in [0.25, 0.3) is 0 Å². The maximum absolute atomic E-state index is 5.84. The number of rotatable bonds is 4. The van der Waals surface area contributed by atoms with Crippen LogP contribution >= 0.6 is 0 Å². The molecule has 0 aromatic heterocycles. The van der Waals surface area contributed by atoms with E-state index >= 15 is 0 Å². The van der Waals surface area contributed by atoms with Gasteiger partial charge in [-0.3, -0.25) is 4.90 Å². The minimum atomic E-state index is 0.551. The molecule has 2 rings (SSSR count). The maximum Gasteiger partial charge on any atom is 0.119 e. The summed E-state index contributed by atoms with van der Waals surface area (Å²) in [7, 11) is 1.71. The zero-order chi connectivity index (χ0) is 12.1. The average Bonchev–Trinajstić information content (AvgIpc) is 2.39. The molecule has 94 valence electrons. The minimum absolute atomic E-state index is 0.551. The Labute approximate surface area is 104 Å². The van der Waals surface area contributed by atoms with Crippen LogP contribution in [0.15, 0.2) is 24.3 Å². The topological polar surface area (TPSA) is 38.5 Å². The van der Waals surface area contributed by atoms with Gasteiger partial charge in [0.15, 0.2) is 0 Å². The molecular formula is C14H22N2O. The number of benzene rings is 1. The van der Waals surface area contributed by atoms with Crippen LogP contribution in [-0.4, -0.2) is 31.1 Å². The van der Waals surface area contributed by atoms with Crippen molar-refractivity contribution in [2.45, 2.75) is 31.8 Å². The smallest absolute Gasteiger partial charge is 0.119 e. The summed E-state index contributed by atoms with van der Waals surface area (Å²) in [5.74, 6) is 0.934. The van der Waals surface area contributed by atoms with Crippen LogP contribution < -0.4 is 10.5 Å². The van der Waals surface area contributed by atoms with Gasteiger partial charge in [-0.05, 0) is 37.1 Å². The third-order valence-corrected chi connectivity index (χ3v) is 3.54. The molecule has 1 aliphatic heterocycles. The van der Waals surface area contributed by atoms with E-state index in [2.05, 4.69) is 23.1 Å². The van der Waals surface area contributed by atoms with Gasteiger partial charge in [0.05, 0.1) is 7.11 Å². The SMILES string of the molecule is COc1cccc(CN2CCCCC2CN)c1. The molecule has 0 aliphatic carbocycles. The Morgan fingerprint density at radius 1 is 1.41 bits per heavy atom. The molecule has 1 unspecified atom stereocenters. The number of hydrogen-bond acceptors (Lipinski definition) is 3. The van der Waals surface area contributed by atoms with E-state index in [0.29, 0.717) is 6.04 Å². The molecule has 17 heavy (non-hydrogen) atoms. The standard InChI is InChI=1S/C14H22N2O/c1-17-14-7-4-5-12(9-14)11-16-8-3-2-6-13(16)10-15/h4-5,7,9,13H,2-3,6,8,10-11,15H2,1H3. The molecule has 1 aromatic rings. The number of nitrogens with zero attached hydrogens (tertiary/aromatic N) is 1. The molecule has 0 radical (unpaired) electrons. The lowest BCUT2D eigenvalue weighted by Gasteiger charge is -2.35. The molecule has 1 saturated heterocycles. The second-order valence-electron chi connectivity index (χ2n) is 4.71. The van der Waals surface area contributed by atoms with Crippen LogP contribution in [0.1, 0.15) is 24.8 Å². The van der Waals surface area contributed by atoms with E-state index in [0.717, 1.165) is 18.8 Å². The first-order valence-electron chi connectivity index (χ1n) is 6.40. The second kappa shape index (κ2) is 6.03. The summed E-state index contributed by atoms with van der Waals surface area (Å²) in [5, 5.41) is 0. The highest BCUT2D eigenvalue weighted by atomic mass is 16.5. The van der Waals surface area contributed by atoms with E-state index in [1.165, 1.54) is 31.4 Å². The lowest BCUT2D eigenvalue weighted by molar-refractivity contribution is 0.145. The Kier molecular flexibility index (Phi) is 4.40. The van der Waals surface area contributed by atoms with Crippen LogP contribution in [0.2, 0.25) is 0 Å². The van der Waals surface area contributed by atoms with Gasteiger partial charge < -0.3 is 10.5 Å². The lowest BCUT2D eigenvalue weighted by atomic mass is 10.0. The average molecular weight is 234 g/mol. The first-order valence-corrected chi connectivity index (χ1v) is 6.40. The van der Waals surface area contributed by atoms with Crippen molar-refractivity contribution in [1.82, 2.24) is 4.90 Å². The van der Waals surface area contributed by atoms with Crippen molar-refractivity contribution in [2.24, 2.45) is 5.73 Å². The zero-order valence-electron chi connectivity index (χ0n) is 10.6. The Morgan fingerprint density at radius 2 is 2.29 bits per heavy atom. The molecule has 1 aromatic carbocycles. The Morgan fingerprint density at radius 3 is 3.06 bits per heavy atom. The highest BCUT2D eigenvalue weighted by Crippen LogP contribution is 2.20. The van der Waals surface area contributed by atoms with Gasteiger partial charge in [0.25, 0.3) is 0 Å². The third kappa shape index (κ3) is 3.20. The second-order valence-corrected chi connectivity index (χ2v) is 4.71. The first kappa shape index (κ1) is 12.4. The molecule has 0 spiro atoms. The van der Waals surface area contributed by atoms with Crippen LogP contribution in [0.4, 0.5) is 0 Å². The summed E-state index contributed by atoms with van der Waals surface area (Å²) >= 11 is 0. The van der Waals surface area contributed by atoms with Gasteiger partial charge in [-0.2, -0.15) is 0 Å². The van der Waals surface area contributed by atoms with Gasteiger partial charge in [0.2, 0.25) is 0 Å². The van der Waals surface area contributed by atoms with E-state index in [4.69, 9.17) is 10.5 Å². The molecule has 1 aliphatic rings. The maximum atomic E-state index is 5.84. The van der Waals surface area contributed by atoms with Crippen molar-refractivity contribution in [3.8, 4) is 5.75 Å². The van der Waals surface area contributed by atoms with Crippen molar-refractivity contribution < 1.29 is 4.74 Å². The number of likely N-dealkylation sites (tertiary alicyclic amines) is 1. The van der Waals surface area contributed by atoms with Gasteiger partial charge in [-0.25, -0.2) is 0 Å². The molecular weight excluding hydrogens is 212 g/mol. The monoisotopic (exact) mass is 234 g/mol. The van der Waals surface area contributed by atoms with Gasteiger partial charge in [-0.1, -0.05) is 18.6 Å². The van der Waals surface area contributed by atoms with Crippen molar-refractivity contribution in [3.05, 3.63) is 29.8 Å². The van der Waals surface area contributed by atoms with Gasteiger partial charge >= 0.3 is 0 Å². The Bertz CT molecular complexity index is 354.